The Morgan fingerprint density at radius 2 is 0.980 bits per heavy atom. The monoisotopic (exact) mass is 704 g/mol. The summed E-state index contributed by atoms with van der Waals surface area (Å²) in [5, 5.41) is 13.1. The van der Waals surface area contributed by atoms with Gasteiger partial charge in [0.1, 0.15) is 0 Å². The number of rotatable bonds is 34. The van der Waals surface area contributed by atoms with Crippen LogP contribution in [0.1, 0.15) is 168 Å². The minimum absolute atomic E-state index is 0.272. The molecule has 1 amide bonds. The number of hydrogen-bond acceptors (Lipinski definition) is 4. The zero-order valence-corrected chi connectivity index (χ0v) is 32.1. The molecule has 282 valence electrons. The van der Waals surface area contributed by atoms with Crippen LogP contribution in [0.2, 0.25) is 0 Å². The van der Waals surface area contributed by atoms with Crippen LogP contribution >= 0.6 is 0 Å². The number of allylic oxidation sites excluding steroid dienone is 11. The van der Waals surface area contributed by atoms with Gasteiger partial charge in [0, 0.05) is 6.42 Å². The summed E-state index contributed by atoms with van der Waals surface area (Å²) >= 11 is 0. The minimum atomic E-state index is -4.36. The molecule has 0 aromatic rings. The topological polar surface area (TPSA) is 104 Å². The van der Waals surface area contributed by atoms with Crippen molar-refractivity contribution in [1.82, 2.24) is 5.32 Å². The van der Waals surface area contributed by atoms with Gasteiger partial charge in [-0.3, -0.25) is 9.35 Å². The van der Waals surface area contributed by atoms with Crippen molar-refractivity contribution in [2.45, 2.75) is 180 Å². The Morgan fingerprint density at radius 3 is 1.49 bits per heavy atom. The molecule has 2 atom stereocenters. The zero-order chi connectivity index (χ0) is 36.1. The molecule has 0 aliphatic rings. The van der Waals surface area contributed by atoms with E-state index in [0.29, 0.717) is 12.8 Å². The van der Waals surface area contributed by atoms with Gasteiger partial charge in [0.25, 0.3) is 10.1 Å². The Kier molecular flexibility index (Phi) is 34.0. The molecule has 0 aromatic heterocycles. The first kappa shape index (κ1) is 46.8. The molecule has 0 aliphatic heterocycles. The zero-order valence-electron chi connectivity index (χ0n) is 31.3. The highest BCUT2D eigenvalue weighted by molar-refractivity contribution is 7.85. The SMILES string of the molecule is CCC/C=C/CC/C=C/CC/C=C/C(O)C(CS(=O)(=O)O)NC(=O)CCCCCCCCCC/C=C\C/C=C\C/C=C\CCCCCCC. The molecule has 3 N–H and O–H groups in total. The summed E-state index contributed by atoms with van der Waals surface area (Å²) in [5.74, 6) is -1.03. The van der Waals surface area contributed by atoms with E-state index in [4.69, 9.17) is 0 Å². The van der Waals surface area contributed by atoms with Crippen LogP contribution in [0.3, 0.4) is 0 Å². The minimum Gasteiger partial charge on any atom is -0.387 e. The molecule has 0 radical (unpaired) electrons. The molecule has 0 saturated heterocycles. The third-order valence-corrected chi connectivity index (χ3v) is 9.09. The van der Waals surface area contributed by atoms with Gasteiger partial charge in [-0.15, -0.1) is 0 Å². The molecule has 0 aromatic carbocycles. The number of hydrogen-bond donors (Lipinski definition) is 3. The van der Waals surface area contributed by atoms with Crippen molar-refractivity contribution >= 4 is 16.0 Å². The standard InChI is InChI=1S/C42H73NO5S/c1-3-5-7-9-11-13-15-16-17-18-19-20-21-22-23-24-25-26-28-30-32-34-36-38-42(45)43-40(39-49(46,47)48)41(44)37-35-33-31-29-27-14-12-10-8-6-4-2/h8,10,15-16,18-19,21-22,27,29,35,37,40-41,44H,3-7,9,11-14,17,20,23-26,28,30-34,36,38-39H2,1-2H3,(H,43,45)(H,46,47,48)/b10-8+,16-15-,19-18-,22-21-,29-27+,37-35+. The van der Waals surface area contributed by atoms with Gasteiger partial charge in [0.2, 0.25) is 5.91 Å². The lowest BCUT2D eigenvalue weighted by atomic mass is 10.1. The second-order valence-electron chi connectivity index (χ2n) is 13.2. The van der Waals surface area contributed by atoms with Crippen molar-refractivity contribution in [1.29, 1.82) is 0 Å². The van der Waals surface area contributed by atoms with Crippen LogP contribution in [0.5, 0.6) is 0 Å². The maximum absolute atomic E-state index is 12.5. The normalized spacial score (nSPS) is 14.1. The number of amides is 1. The smallest absolute Gasteiger partial charge is 0.267 e. The number of aliphatic hydroxyl groups excluding tert-OH is 1. The quantitative estimate of drug-likeness (QED) is 0.0351. The van der Waals surface area contributed by atoms with Crippen LogP contribution in [0.25, 0.3) is 0 Å². The van der Waals surface area contributed by atoms with Crippen molar-refractivity contribution in [3.63, 3.8) is 0 Å². The van der Waals surface area contributed by atoms with E-state index in [2.05, 4.69) is 79.9 Å². The lowest BCUT2D eigenvalue weighted by Gasteiger charge is -2.21. The summed E-state index contributed by atoms with van der Waals surface area (Å²) in [5.41, 5.74) is 0. The highest BCUT2D eigenvalue weighted by Crippen LogP contribution is 2.12. The Bertz CT molecular complexity index is 1040. The summed E-state index contributed by atoms with van der Waals surface area (Å²) in [6, 6.07) is -1.09. The Hall–Kier alpha value is -2.22. The number of nitrogens with one attached hydrogen (secondary N) is 1. The third kappa shape index (κ3) is 36.9. The Labute approximate surface area is 302 Å². The first-order valence-electron chi connectivity index (χ1n) is 19.6. The molecule has 2 unspecified atom stereocenters. The van der Waals surface area contributed by atoms with Crippen molar-refractivity contribution in [2.75, 3.05) is 5.75 Å². The average molecular weight is 704 g/mol. The molecular weight excluding hydrogens is 631 g/mol. The van der Waals surface area contributed by atoms with E-state index in [-0.39, 0.29) is 12.3 Å². The van der Waals surface area contributed by atoms with E-state index >= 15 is 0 Å². The summed E-state index contributed by atoms with van der Waals surface area (Å²) in [4.78, 5) is 12.5. The number of unbranched alkanes of at least 4 members (excludes halogenated alkanes) is 16. The van der Waals surface area contributed by atoms with E-state index in [1.807, 2.05) is 0 Å². The van der Waals surface area contributed by atoms with Gasteiger partial charge < -0.3 is 10.4 Å². The van der Waals surface area contributed by atoms with Crippen LogP contribution in [0, 0.1) is 0 Å². The van der Waals surface area contributed by atoms with Crippen molar-refractivity contribution in [3.8, 4) is 0 Å². The Balaban J connectivity index is 3.95. The van der Waals surface area contributed by atoms with E-state index in [1.165, 1.54) is 70.3 Å². The predicted molar refractivity (Wildman–Crippen MR) is 211 cm³/mol. The first-order chi connectivity index (χ1) is 23.8. The molecular formula is C42H73NO5S. The number of aliphatic hydroxyl groups is 1. The maximum atomic E-state index is 12.5. The maximum Gasteiger partial charge on any atom is 0.267 e. The fraction of sp³-hybridized carbons (Fsp3) is 0.690. The second kappa shape index (κ2) is 35.6. The molecule has 0 bridgehead atoms. The van der Waals surface area contributed by atoms with E-state index in [0.717, 1.165) is 70.6 Å². The van der Waals surface area contributed by atoms with Gasteiger partial charge in [-0.25, -0.2) is 0 Å². The van der Waals surface area contributed by atoms with Crippen LogP contribution in [0.15, 0.2) is 72.9 Å². The third-order valence-electron chi connectivity index (χ3n) is 8.31. The van der Waals surface area contributed by atoms with Crippen LogP contribution < -0.4 is 5.32 Å². The lowest BCUT2D eigenvalue weighted by Crippen LogP contribution is -2.46. The van der Waals surface area contributed by atoms with Gasteiger partial charge >= 0.3 is 0 Å². The molecule has 7 heteroatoms. The number of carbonyl (C=O) groups excluding carboxylic acids is 1. The fourth-order valence-corrected chi connectivity index (χ4v) is 6.11. The second-order valence-corrected chi connectivity index (χ2v) is 14.7. The molecule has 0 heterocycles. The molecule has 0 rings (SSSR count). The van der Waals surface area contributed by atoms with Crippen molar-refractivity contribution in [2.24, 2.45) is 0 Å². The van der Waals surface area contributed by atoms with E-state index in [9.17, 15) is 22.9 Å². The average Bonchev–Trinajstić information content (AvgIpc) is 3.06. The number of carbonyl (C=O) groups is 1. The predicted octanol–water partition coefficient (Wildman–Crippen LogP) is 11.5. The summed E-state index contributed by atoms with van der Waals surface area (Å²) in [6.07, 6.45) is 50.4. The highest BCUT2D eigenvalue weighted by atomic mass is 32.2. The highest BCUT2D eigenvalue weighted by Gasteiger charge is 2.24. The van der Waals surface area contributed by atoms with Gasteiger partial charge in [0.05, 0.1) is 17.9 Å². The van der Waals surface area contributed by atoms with Crippen LogP contribution in [0.4, 0.5) is 0 Å². The summed E-state index contributed by atoms with van der Waals surface area (Å²) < 4.78 is 32.3. The lowest BCUT2D eigenvalue weighted by molar-refractivity contribution is -0.122. The van der Waals surface area contributed by atoms with Gasteiger partial charge in [-0.05, 0) is 77.0 Å². The molecule has 6 nitrogen and oxygen atoms in total. The largest absolute Gasteiger partial charge is 0.387 e. The summed E-state index contributed by atoms with van der Waals surface area (Å²) in [7, 11) is -4.36. The van der Waals surface area contributed by atoms with Crippen molar-refractivity contribution < 1.29 is 22.9 Å². The first-order valence-corrected chi connectivity index (χ1v) is 21.2. The Morgan fingerprint density at radius 1 is 0.551 bits per heavy atom. The van der Waals surface area contributed by atoms with Gasteiger partial charge in [0.15, 0.2) is 0 Å². The van der Waals surface area contributed by atoms with E-state index < -0.39 is 28.0 Å². The van der Waals surface area contributed by atoms with Crippen LogP contribution in [-0.4, -0.2) is 41.9 Å². The van der Waals surface area contributed by atoms with E-state index in [1.54, 1.807) is 6.08 Å². The molecule has 0 fully saturated rings. The van der Waals surface area contributed by atoms with Gasteiger partial charge in [-0.1, -0.05) is 157 Å². The molecule has 0 spiro atoms. The molecule has 0 aliphatic carbocycles. The summed E-state index contributed by atoms with van der Waals surface area (Å²) in [6.45, 7) is 4.42. The molecule has 0 saturated carbocycles. The van der Waals surface area contributed by atoms with Crippen molar-refractivity contribution in [3.05, 3.63) is 72.9 Å². The van der Waals surface area contributed by atoms with Crippen LogP contribution in [-0.2, 0) is 14.9 Å². The fourth-order valence-electron chi connectivity index (χ4n) is 5.38. The molecule has 49 heavy (non-hydrogen) atoms. The van der Waals surface area contributed by atoms with Gasteiger partial charge in [-0.2, -0.15) is 8.42 Å².